The Morgan fingerprint density at radius 1 is 1.25 bits per heavy atom. The van der Waals surface area contributed by atoms with Crippen LogP contribution in [0.1, 0.15) is 44.1 Å². The van der Waals surface area contributed by atoms with Gasteiger partial charge in [-0.3, -0.25) is 4.79 Å². The van der Waals surface area contributed by atoms with Crippen LogP contribution < -0.4 is 11.1 Å². The zero-order valence-electron chi connectivity index (χ0n) is 11.4. The Morgan fingerprint density at radius 2 is 1.95 bits per heavy atom. The molecule has 1 aromatic carbocycles. The minimum Gasteiger partial charge on any atom is -0.352 e. The molecule has 0 saturated heterocycles. The Labute approximate surface area is 117 Å². The number of rotatable bonds is 4. The number of hydrogen-bond acceptors (Lipinski definition) is 2. The highest BCUT2D eigenvalue weighted by Crippen LogP contribution is 2.28. The fourth-order valence-electron chi connectivity index (χ4n) is 2.67. The molecule has 110 valence electrons. The minimum absolute atomic E-state index is 0.0566. The summed E-state index contributed by atoms with van der Waals surface area (Å²) < 4.78 is 26.2. The molecule has 0 heterocycles. The molecule has 3 N–H and O–H groups in total. The largest absolute Gasteiger partial charge is 0.352 e. The van der Waals surface area contributed by atoms with Crippen LogP contribution in [0.2, 0.25) is 0 Å². The van der Waals surface area contributed by atoms with Crippen LogP contribution in [0, 0.1) is 11.6 Å². The molecule has 0 aromatic heterocycles. The number of halogens is 2. The number of carbonyl (C=O) groups is 1. The second-order valence-corrected chi connectivity index (χ2v) is 5.61. The molecular weight excluding hydrogens is 262 g/mol. The highest BCUT2D eigenvalue weighted by molar-refractivity contribution is 5.77. The quantitative estimate of drug-likeness (QED) is 0.892. The molecule has 0 radical (unpaired) electrons. The number of nitrogens with one attached hydrogen (secondary N) is 1. The molecular formula is C15H20F2N2O. The molecule has 0 atom stereocenters. The summed E-state index contributed by atoms with van der Waals surface area (Å²) in [6, 6.07) is 3.33. The van der Waals surface area contributed by atoms with E-state index in [-0.39, 0.29) is 24.4 Å². The van der Waals surface area contributed by atoms with Crippen LogP contribution in [0.5, 0.6) is 0 Å². The molecule has 5 heteroatoms. The predicted octanol–water partition coefficient (Wildman–Crippen LogP) is 2.63. The summed E-state index contributed by atoms with van der Waals surface area (Å²) >= 11 is 0. The maximum Gasteiger partial charge on any atom is 0.222 e. The normalized spacial score (nSPS) is 17.8. The minimum atomic E-state index is -0.648. The maximum atomic E-state index is 13.4. The van der Waals surface area contributed by atoms with Crippen molar-refractivity contribution < 1.29 is 13.6 Å². The number of carbonyl (C=O) groups excluding carboxylic acids is 1. The highest BCUT2D eigenvalue weighted by atomic mass is 19.1. The average Bonchev–Trinajstić information content (AvgIpc) is 2.38. The summed E-state index contributed by atoms with van der Waals surface area (Å²) in [6.07, 6.45) is 5.24. The van der Waals surface area contributed by atoms with Gasteiger partial charge in [-0.1, -0.05) is 25.3 Å². The number of hydrogen-bond donors (Lipinski definition) is 2. The third-order valence-corrected chi connectivity index (χ3v) is 3.85. The van der Waals surface area contributed by atoms with Crippen molar-refractivity contribution >= 4 is 5.91 Å². The van der Waals surface area contributed by atoms with Crippen molar-refractivity contribution in [3.63, 3.8) is 0 Å². The Hall–Kier alpha value is -1.49. The van der Waals surface area contributed by atoms with Crippen molar-refractivity contribution in [3.8, 4) is 0 Å². The van der Waals surface area contributed by atoms with Gasteiger partial charge >= 0.3 is 0 Å². The molecule has 20 heavy (non-hydrogen) atoms. The van der Waals surface area contributed by atoms with Gasteiger partial charge in [0.1, 0.15) is 11.6 Å². The molecule has 0 spiro atoms. The fourth-order valence-corrected chi connectivity index (χ4v) is 2.67. The Kier molecular flexibility index (Phi) is 4.70. The molecule has 0 aliphatic heterocycles. The van der Waals surface area contributed by atoms with Crippen LogP contribution in [-0.2, 0) is 11.3 Å². The zero-order chi connectivity index (χ0) is 14.6. The highest BCUT2D eigenvalue weighted by Gasteiger charge is 2.29. The third-order valence-electron chi connectivity index (χ3n) is 3.85. The first kappa shape index (κ1) is 14.9. The van der Waals surface area contributed by atoms with Gasteiger partial charge in [-0.05, 0) is 18.9 Å². The van der Waals surface area contributed by atoms with E-state index in [9.17, 15) is 13.6 Å². The van der Waals surface area contributed by atoms with E-state index >= 15 is 0 Å². The third kappa shape index (κ3) is 4.00. The summed E-state index contributed by atoms with van der Waals surface area (Å²) in [5, 5.41) is 2.65. The summed E-state index contributed by atoms with van der Waals surface area (Å²) in [4.78, 5) is 11.9. The monoisotopic (exact) mass is 282 g/mol. The van der Waals surface area contributed by atoms with E-state index in [1.54, 1.807) is 0 Å². The molecule has 0 bridgehead atoms. The van der Waals surface area contributed by atoms with Crippen molar-refractivity contribution in [3.05, 3.63) is 35.4 Å². The SMILES string of the molecule is NC1(CC(=O)NCc2ccc(F)cc2F)CCCCC1. The average molecular weight is 282 g/mol. The number of benzene rings is 1. The lowest BCUT2D eigenvalue weighted by Crippen LogP contribution is -2.45. The van der Waals surface area contributed by atoms with Crippen molar-refractivity contribution in [2.24, 2.45) is 5.73 Å². The van der Waals surface area contributed by atoms with Crippen LogP contribution in [0.25, 0.3) is 0 Å². The van der Waals surface area contributed by atoms with Crippen molar-refractivity contribution in [1.82, 2.24) is 5.32 Å². The van der Waals surface area contributed by atoms with Crippen molar-refractivity contribution in [1.29, 1.82) is 0 Å². The van der Waals surface area contributed by atoms with E-state index in [0.717, 1.165) is 31.7 Å². The molecule has 1 aromatic rings. The molecule has 1 fully saturated rings. The van der Waals surface area contributed by atoms with E-state index < -0.39 is 17.2 Å². The summed E-state index contributed by atoms with van der Waals surface area (Å²) in [7, 11) is 0. The maximum absolute atomic E-state index is 13.4. The molecule has 1 aliphatic carbocycles. The lowest BCUT2D eigenvalue weighted by atomic mass is 9.80. The van der Waals surface area contributed by atoms with Crippen molar-refractivity contribution in [2.75, 3.05) is 0 Å². The first-order valence-electron chi connectivity index (χ1n) is 6.98. The van der Waals surface area contributed by atoms with E-state index in [2.05, 4.69) is 5.32 Å². The van der Waals surface area contributed by atoms with Gasteiger partial charge in [0, 0.05) is 30.1 Å². The van der Waals surface area contributed by atoms with E-state index in [4.69, 9.17) is 5.73 Å². The molecule has 3 nitrogen and oxygen atoms in total. The Balaban J connectivity index is 1.85. The van der Waals surface area contributed by atoms with Gasteiger partial charge in [-0.15, -0.1) is 0 Å². The molecule has 0 unspecified atom stereocenters. The van der Waals surface area contributed by atoms with Crippen LogP contribution in [0.3, 0.4) is 0 Å². The van der Waals surface area contributed by atoms with Crippen molar-refractivity contribution in [2.45, 2.75) is 50.6 Å². The van der Waals surface area contributed by atoms with Gasteiger partial charge in [0.15, 0.2) is 0 Å². The number of amides is 1. The Bertz CT molecular complexity index is 485. The lowest BCUT2D eigenvalue weighted by molar-refractivity contribution is -0.122. The topological polar surface area (TPSA) is 55.1 Å². The van der Waals surface area contributed by atoms with Crippen LogP contribution in [-0.4, -0.2) is 11.4 Å². The second kappa shape index (κ2) is 6.31. The van der Waals surface area contributed by atoms with Crippen LogP contribution >= 0.6 is 0 Å². The fraction of sp³-hybridized carbons (Fsp3) is 0.533. The second-order valence-electron chi connectivity index (χ2n) is 5.61. The first-order chi connectivity index (χ1) is 9.48. The summed E-state index contributed by atoms with van der Waals surface area (Å²) in [5.41, 5.74) is 6.04. The Morgan fingerprint density at radius 3 is 2.60 bits per heavy atom. The molecule has 1 aliphatic rings. The van der Waals surface area contributed by atoms with E-state index in [1.165, 1.54) is 18.6 Å². The summed E-state index contributed by atoms with van der Waals surface area (Å²) in [5.74, 6) is -1.45. The number of nitrogens with two attached hydrogens (primary N) is 1. The summed E-state index contributed by atoms with van der Waals surface area (Å²) in [6.45, 7) is 0.0566. The van der Waals surface area contributed by atoms with Gasteiger partial charge in [0.25, 0.3) is 0 Å². The first-order valence-corrected chi connectivity index (χ1v) is 6.98. The smallest absolute Gasteiger partial charge is 0.222 e. The van der Waals surface area contributed by atoms with Gasteiger partial charge in [-0.25, -0.2) is 8.78 Å². The van der Waals surface area contributed by atoms with E-state index in [1.807, 2.05) is 0 Å². The van der Waals surface area contributed by atoms with Gasteiger partial charge in [0.2, 0.25) is 5.91 Å². The van der Waals surface area contributed by atoms with E-state index in [0.29, 0.717) is 0 Å². The van der Waals surface area contributed by atoms with Gasteiger partial charge in [-0.2, -0.15) is 0 Å². The zero-order valence-corrected chi connectivity index (χ0v) is 11.4. The van der Waals surface area contributed by atoms with Crippen LogP contribution in [0.15, 0.2) is 18.2 Å². The predicted molar refractivity (Wildman–Crippen MR) is 72.8 cm³/mol. The molecule has 2 rings (SSSR count). The van der Waals surface area contributed by atoms with Gasteiger partial charge in [0.05, 0.1) is 0 Å². The standard InChI is InChI=1S/C15H20F2N2O/c16-12-5-4-11(13(17)8-12)10-19-14(20)9-15(18)6-2-1-3-7-15/h4-5,8H,1-3,6-7,9-10,18H2,(H,19,20). The lowest BCUT2D eigenvalue weighted by Gasteiger charge is -2.32. The van der Waals surface area contributed by atoms with Gasteiger partial charge < -0.3 is 11.1 Å². The molecule has 1 amide bonds. The molecule has 1 saturated carbocycles. The van der Waals surface area contributed by atoms with Crippen LogP contribution in [0.4, 0.5) is 8.78 Å².